The Balaban J connectivity index is 0.00000210. The molecule has 0 spiro atoms. The molecule has 4 rings (SSSR count). The van der Waals surface area contributed by atoms with Gasteiger partial charge < -0.3 is 21.4 Å². The molecule has 2 aromatic heterocycles. The third-order valence-corrected chi connectivity index (χ3v) is 4.22. The van der Waals surface area contributed by atoms with E-state index >= 15 is 0 Å². The van der Waals surface area contributed by atoms with Crippen LogP contribution in [0.2, 0.25) is 0 Å². The highest BCUT2D eigenvalue weighted by Crippen LogP contribution is 2.26. The van der Waals surface area contributed by atoms with Crippen molar-refractivity contribution in [2.45, 2.75) is 13.1 Å². The molecule has 4 aromatic rings. The number of rotatable bonds is 6. The zero-order chi connectivity index (χ0) is 17.8. The molecule has 0 saturated carbocycles. The fourth-order valence-electron chi connectivity index (χ4n) is 2.90. The lowest BCUT2D eigenvalue weighted by molar-refractivity contribution is -0.686. The van der Waals surface area contributed by atoms with Crippen LogP contribution in [0.1, 0.15) is 5.56 Å². The third-order valence-electron chi connectivity index (χ3n) is 4.22. The SMILES string of the molecule is C=CC[n+]1ccn(Cc2ccc(-c3ncc(-c4ccccc4)o3)cc2)c1.[Br-]. The van der Waals surface area contributed by atoms with Gasteiger partial charge in [-0.15, -0.1) is 0 Å². The van der Waals surface area contributed by atoms with E-state index in [9.17, 15) is 0 Å². The number of nitrogens with zero attached hydrogens (tertiary/aromatic N) is 3. The molecular formula is C22H20BrN3O. The van der Waals surface area contributed by atoms with Crippen LogP contribution in [0.3, 0.4) is 0 Å². The van der Waals surface area contributed by atoms with Crippen LogP contribution in [0, 0.1) is 0 Å². The molecule has 2 heterocycles. The average Bonchev–Trinajstić information content (AvgIpc) is 3.33. The van der Waals surface area contributed by atoms with Crippen molar-refractivity contribution in [1.29, 1.82) is 0 Å². The summed E-state index contributed by atoms with van der Waals surface area (Å²) < 4.78 is 10.2. The normalized spacial score (nSPS) is 10.4. The molecule has 0 saturated heterocycles. The second kappa shape index (κ2) is 8.64. The Morgan fingerprint density at radius 2 is 1.81 bits per heavy atom. The Kier molecular flexibility index (Phi) is 6.04. The summed E-state index contributed by atoms with van der Waals surface area (Å²) in [6.45, 7) is 5.41. The molecule has 0 N–H and O–H groups in total. The highest BCUT2D eigenvalue weighted by Gasteiger charge is 2.09. The maximum absolute atomic E-state index is 5.92. The minimum Gasteiger partial charge on any atom is -1.00 e. The quantitative estimate of drug-likeness (QED) is 0.347. The highest BCUT2D eigenvalue weighted by molar-refractivity contribution is 5.61. The van der Waals surface area contributed by atoms with Crippen LogP contribution in [0.4, 0.5) is 0 Å². The van der Waals surface area contributed by atoms with Crippen molar-refractivity contribution in [2.75, 3.05) is 0 Å². The van der Waals surface area contributed by atoms with E-state index < -0.39 is 0 Å². The standard InChI is InChI=1S/C22H20N3O.BrH/c1-2-12-24-13-14-25(17-24)16-18-8-10-20(11-9-18)22-23-15-21(26-22)19-6-4-3-5-7-19;/h2-11,13-15,17H,1,12,16H2;1H/q+1;/p-1. The Morgan fingerprint density at radius 1 is 1.04 bits per heavy atom. The number of aromatic nitrogens is 3. The summed E-state index contributed by atoms with van der Waals surface area (Å²) in [6.07, 6.45) is 9.86. The Hall–Kier alpha value is -2.92. The van der Waals surface area contributed by atoms with Crippen LogP contribution in [0.15, 0.2) is 96.6 Å². The first-order chi connectivity index (χ1) is 12.8. The molecule has 0 aliphatic rings. The number of oxazole rings is 1. The lowest BCUT2D eigenvalue weighted by Gasteiger charge is -2.00. The second-order valence-corrected chi connectivity index (χ2v) is 6.16. The maximum atomic E-state index is 5.92. The van der Waals surface area contributed by atoms with Gasteiger partial charge in [-0.2, -0.15) is 0 Å². The molecular weight excluding hydrogens is 402 g/mol. The number of benzene rings is 2. The first-order valence-electron chi connectivity index (χ1n) is 8.58. The maximum Gasteiger partial charge on any atom is 0.244 e. The molecule has 0 bridgehead atoms. The van der Waals surface area contributed by atoms with Crippen molar-refractivity contribution in [3.8, 4) is 22.8 Å². The van der Waals surface area contributed by atoms with Crippen LogP contribution in [0.25, 0.3) is 22.8 Å². The summed E-state index contributed by atoms with van der Waals surface area (Å²) in [5.74, 6) is 1.42. The summed E-state index contributed by atoms with van der Waals surface area (Å²) in [5, 5.41) is 0. The molecule has 0 amide bonds. The minimum atomic E-state index is 0. The van der Waals surface area contributed by atoms with Gasteiger partial charge in [0.15, 0.2) is 5.76 Å². The van der Waals surface area contributed by atoms with Crippen molar-refractivity contribution in [2.24, 2.45) is 0 Å². The van der Waals surface area contributed by atoms with E-state index in [0.717, 1.165) is 30.0 Å². The molecule has 136 valence electrons. The van der Waals surface area contributed by atoms with Crippen LogP contribution in [-0.4, -0.2) is 9.55 Å². The summed E-state index contributed by atoms with van der Waals surface area (Å²) in [5.41, 5.74) is 3.23. The number of hydrogen-bond donors (Lipinski definition) is 0. The molecule has 0 unspecified atom stereocenters. The molecule has 0 radical (unpaired) electrons. The van der Waals surface area contributed by atoms with E-state index in [1.165, 1.54) is 5.56 Å². The topological polar surface area (TPSA) is 34.8 Å². The van der Waals surface area contributed by atoms with Gasteiger partial charge >= 0.3 is 0 Å². The van der Waals surface area contributed by atoms with Crippen molar-refractivity contribution in [1.82, 2.24) is 9.55 Å². The van der Waals surface area contributed by atoms with E-state index in [1.54, 1.807) is 6.20 Å². The van der Waals surface area contributed by atoms with Gasteiger partial charge in [-0.1, -0.05) is 55.1 Å². The molecule has 2 aromatic carbocycles. The van der Waals surface area contributed by atoms with Crippen molar-refractivity contribution in [3.05, 3.63) is 97.7 Å². The Labute approximate surface area is 169 Å². The zero-order valence-corrected chi connectivity index (χ0v) is 16.4. The van der Waals surface area contributed by atoms with Crippen LogP contribution >= 0.6 is 0 Å². The first kappa shape index (κ1) is 18.9. The van der Waals surface area contributed by atoms with E-state index in [-0.39, 0.29) is 17.0 Å². The molecule has 0 atom stereocenters. The number of hydrogen-bond acceptors (Lipinski definition) is 2. The van der Waals surface area contributed by atoms with E-state index in [1.807, 2.05) is 42.6 Å². The molecule has 27 heavy (non-hydrogen) atoms. The summed E-state index contributed by atoms with van der Waals surface area (Å²) in [4.78, 5) is 4.42. The molecule has 0 aliphatic heterocycles. The minimum absolute atomic E-state index is 0. The number of halogens is 1. The summed E-state index contributed by atoms with van der Waals surface area (Å²) >= 11 is 0. The third kappa shape index (κ3) is 4.44. The fourth-order valence-corrected chi connectivity index (χ4v) is 2.90. The van der Waals surface area contributed by atoms with Crippen molar-refractivity contribution in [3.63, 3.8) is 0 Å². The van der Waals surface area contributed by atoms with Gasteiger partial charge in [0.05, 0.1) is 6.20 Å². The predicted molar refractivity (Wildman–Crippen MR) is 101 cm³/mol. The van der Waals surface area contributed by atoms with E-state index in [4.69, 9.17) is 4.42 Å². The average molecular weight is 422 g/mol. The van der Waals surface area contributed by atoms with Crippen LogP contribution < -0.4 is 21.5 Å². The van der Waals surface area contributed by atoms with Gasteiger partial charge in [-0.3, -0.25) is 0 Å². The lowest BCUT2D eigenvalue weighted by atomic mass is 10.1. The van der Waals surface area contributed by atoms with Gasteiger partial charge in [-0.25, -0.2) is 14.1 Å². The predicted octanol–water partition coefficient (Wildman–Crippen LogP) is 1.34. The zero-order valence-electron chi connectivity index (χ0n) is 14.8. The Bertz CT molecular complexity index is 1000. The highest BCUT2D eigenvalue weighted by atomic mass is 79.9. The van der Waals surface area contributed by atoms with Crippen molar-refractivity contribution >= 4 is 0 Å². The van der Waals surface area contributed by atoms with Gasteiger partial charge in [-0.05, 0) is 17.7 Å². The van der Waals surface area contributed by atoms with E-state index in [2.05, 4.69) is 57.5 Å². The van der Waals surface area contributed by atoms with Gasteiger partial charge in [0, 0.05) is 11.1 Å². The smallest absolute Gasteiger partial charge is 0.244 e. The van der Waals surface area contributed by atoms with Crippen LogP contribution in [-0.2, 0) is 13.1 Å². The van der Waals surface area contributed by atoms with Crippen molar-refractivity contribution < 1.29 is 26.0 Å². The molecule has 4 nitrogen and oxygen atoms in total. The Morgan fingerprint density at radius 3 is 2.56 bits per heavy atom. The molecule has 0 fully saturated rings. The van der Waals surface area contributed by atoms with Gasteiger partial charge in [0.25, 0.3) is 0 Å². The summed E-state index contributed by atoms with van der Waals surface area (Å²) in [7, 11) is 0. The number of imidazole rings is 1. The lowest BCUT2D eigenvalue weighted by Crippen LogP contribution is -3.00. The summed E-state index contributed by atoms with van der Waals surface area (Å²) in [6, 6.07) is 18.3. The van der Waals surface area contributed by atoms with Gasteiger partial charge in [0.2, 0.25) is 12.2 Å². The van der Waals surface area contributed by atoms with Gasteiger partial charge in [0.1, 0.15) is 25.5 Å². The largest absolute Gasteiger partial charge is 1.00 e. The molecule has 5 heteroatoms. The second-order valence-electron chi connectivity index (χ2n) is 6.16. The fraction of sp³-hybridized carbons (Fsp3) is 0.0909. The monoisotopic (exact) mass is 421 g/mol. The first-order valence-corrected chi connectivity index (χ1v) is 8.58. The van der Waals surface area contributed by atoms with Crippen LogP contribution in [0.5, 0.6) is 0 Å². The van der Waals surface area contributed by atoms with E-state index in [0.29, 0.717) is 5.89 Å². The molecule has 0 aliphatic carbocycles. The number of allylic oxidation sites excluding steroid dienone is 1.